The fraction of sp³-hybridized carbons (Fsp3) is 0.412. The highest BCUT2D eigenvalue weighted by atomic mass is 19.1. The van der Waals surface area contributed by atoms with Gasteiger partial charge in [0.05, 0.1) is 24.2 Å². The predicted molar refractivity (Wildman–Crippen MR) is 79.0 cm³/mol. The van der Waals surface area contributed by atoms with Crippen LogP contribution in [-0.4, -0.2) is 9.78 Å². The summed E-state index contributed by atoms with van der Waals surface area (Å²) in [6, 6.07) is 7.69. The average molecular weight is 283 g/mol. The van der Waals surface area contributed by atoms with E-state index < -0.39 is 0 Å². The molecule has 0 bridgehead atoms. The Morgan fingerprint density at radius 2 is 2.14 bits per heavy atom. The van der Waals surface area contributed by atoms with Crippen molar-refractivity contribution in [2.24, 2.45) is 5.41 Å². The van der Waals surface area contributed by atoms with E-state index in [1.165, 1.54) is 0 Å². The van der Waals surface area contributed by atoms with Crippen LogP contribution in [0.15, 0.2) is 30.6 Å². The fourth-order valence-corrected chi connectivity index (χ4v) is 2.54. The summed E-state index contributed by atoms with van der Waals surface area (Å²) in [7, 11) is 0. The summed E-state index contributed by atoms with van der Waals surface area (Å²) in [6.45, 7) is 4.58. The number of nitrogens with zero attached hydrogens (tertiary/aromatic N) is 3. The molecule has 0 N–H and O–H groups in total. The second-order valence-corrected chi connectivity index (χ2v) is 6.21. The van der Waals surface area contributed by atoms with Gasteiger partial charge in [0.25, 0.3) is 0 Å². The number of hydrogen-bond donors (Lipinski definition) is 0. The molecule has 0 atom stereocenters. The third-order valence-electron chi connectivity index (χ3n) is 4.14. The Morgan fingerprint density at radius 1 is 1.38 bits per heavy atom. The van der Waals surface area contributed by atoms with E-state index in [-0.39, 0.29) is 17.2 Å². The standard InChI is InChI=1S/C17H18FN3/c1-12(2)15-4-3-13(7-16(15)18)14-8-20-21(9-14)11-17(10-19)5-6-17/h3-4,7-9,12H,5-6,11H2,1-2H3. The van der Waals surface area contributed by atoms with Gasteiger partial charge in [0.1, 0.15) is 5.82 Å². The number of aromatic nitrogens is 2. The molecular weight excluding hydrogens is 265 g/mol. The van der Waals surface area contributed by atoms with Crippen LogP contribution in [0.5, 0.6) is 0 Å². The second kappa shape index (κ2) is 5.00. The van der Waals surface area contributed by atoms with Crippen molar-refractivity contribution < 1.29 is 4.39 Å². The molecule has 0 amide bonds. The monoisotopic (exact) mass is 283 g/mol. The van der Waals surface area contributed by atoms with Crippen molar-refractivity contribution in [1.82, 2.24) is 9.78 Å². The smallest absolute Gasteiger partial charge is 0.127 e. The molecule has 2 aromatic rings. The summed E-state index contributed by atoms with van der Waals surface area (Å²) >= 11 is 0. The molecule has 0 saturated heterocycles. The molecule has 0 radical (unpaired) electrons. The lowest BCUT2D eigenvalue weighted by Crippen LogP contribution is -2.09. The van der Waals surface area contributed by atoms with Gasteiger partial charge < -0.3 is 0 Å². The minimum Gasteiger partial charge on any atom is -0.271 e. The van der Waals surface area contributed by atoms with Gasteiger partial charge in [-0.3, -0.25) is 4.68 Å². The van der Waals surface area contributed by atoms with Crippen LogP contribution in [0.2, 0.25) is 0 Å². The van der Waals surface area contributed by atoms with Gasteiger partial charge in [-0.05, 0) is 36.0 Å². The van der Waals surface area contributed by atoms with Gasteiger partial charge in [-0.15, -0.1) is 0 Å². The topological polar surface area (TPSA) is 41.6 Å². The molecule has 1 aromatic heterocycles. The van der Waals surface area contributed by atoms with Crippen molar-refractivity contribution in [2.45, 2.75) is 39.2 Å². The minimum atomic E-state index is -0.226. The van der Waals surface area contributed by atoms with Gasteiger partial charge in [-0.25, -0.2) is 4.39 Å². The van der Waals surface area contributed by atoms with E-state index in [4.69, 9.17) is 5.26 Å². The summed E-state index contributed by atoms with van der Waals surface area (Å²) in [5.74, 6) is -0.00179. The van der Waals surface area contributed by atoms with E-state index in [1.807, 2.05) is 32.2 Å². The Kier molecular flexibility index (Phi) is 3.29. The van der Waals surface area contributed by atoms with Crippen molar-refractivity contribution in [3.63, 3.8) is 0 Å². The van der Waals surface area contributed by atoms with Crippen molar-refractivity contribution in [3.05, 3.63) is 42.0 Å². The predicted octanol–water partition coefficient (Wildman–Crippen LogP) is 4.12. The minimum absolute atomic E-state index is 0.173. The highest BCUT2D eigenvalue weighted by Crippen LogP contribution is 2.46. The van der Waals surface area contributed by atoms with E-state index >= 15 is 0 Å². The molecule has 0 spiro atoms. The molecule has 3 rings (SSSR count). The van der Waals surface area contributed by atoms with E-state index in [1.54, 1.807) is 16.9 Å². The first kappa shape index (κ1) is 13.8. The van der Waals surface area contributed by atoms with Gasteiger partial charge >= 0.3 is 0 Å². The first-order valence-electron chi connectivity index (χ1n) is 7.26. The van der Waals surface area contributed by atoms with Crippen molar-refractivity contribution in [2.75, 3.05) is 0 Å². The van der Waals surface area contributed by atoms with E-state index in [2.05, 4.69) is 11.2 Å². The summed E-state index contributed by atoms with van der Waals surface area (Å²) in [5.41, 5.74) is 2.21. The molecular formula is C17H18FN3. The van der Waals surface area contributed by atoms with Crippen molar-refractivity contribution in [1.29, 1.82) is 5.26 Å². The lowest BCUT2D eigenvalue weighted by Gasteiger charge is -2.08. The summed E-state index contributed by atoms with van der Waals surface area (Å²) in [4.78, 5) is 0. The molecule has 1 saturated carbocycles. The molecule has 1 aliphatic carbocycles. The first-order valence-corrected chi connectivity index (χ1v) is 7.26. The maximum absolute atomic E-state index is 14.1. The molecule has 21 heavy (non-hydrogen) atoms. The first-order chi connectivity index (χ1) is 10.0. The van der Waals surface area contributed by atoms with E-state index in [9.17, 15) is 4.39 Å². The van der Waals surface area contributed by atoms with Crippen LogP contribution in [0, 0.1) is 22.6 Å². The van der Waals surface area contributed by atoms with Gasteiger partial charge in [-0.1, -0.05) is 26.0 Å². The number of nitriles is 1. The Bertz CT molecular complexity index is 705. The molecule has 3 nitrogen and oxygen atoms in total. The Labute approximate surface area is 124 Å². The lowest BCUT2D eigenvalue weighted by atomic mass is 9.99. The number of benzene rings is 1. The SMILES string of the molecule is CC(C)c1ccc(-c2cnn(CC3(C#N)CC3)c2)cc1F. The summed E-state index contributed by atoms with van der Waals surface area (Å²) in [5, 5.41) is 13.4. The molecule has 4 heteroatoms. The van der Waals surface area contributed by atoms with Crippen LogP contribution in [-0.2, 0) is 6.54 Å². The molecule has 108 valence electrons. The van der Waals surface area contributed by atoms with Crippen molar-refractivity contribution in [3.8, 4) is 17.2 Å². The highest BCUT2D eigenvalue weighted by Gasteiger charge is 2.43. The van der Waals surface area contributed by atoms with Crippen LogP contribution in [0.3, 0.4) is 0 Å². The van der Waals surface area contributed by atoms with Gasteiger partial charge in [0.2, 0.25) is 0 Å². The van der Waals surface area contributed by atoms with Crippen molar-refractivity contribution >= 4 is 0 Å². The summed E-state index contributed by atoms with van der Waals surface area (Å²) in [6.07, 6.45) is 5.51. The van der Waals surface area contributed by atoms with Gasteiger partial charge in [0.15, 0.2) is 0 Å². The molecule has 0 unspecified atom stereocenters. The zero-order chi connectivity index (χ0) is 15.0. The van der Waals surface area contributed by atoms with Crippen LogP contribution in [0.1, 0.15) is 38.2 Å². The van der Waals surface area contributed by atoms with Gasteiger partial charge in [0, 0.05) is 11.8 Å². The maximum atomic E-state index is 14.1. The van der Waals surface area contributed by atoms with E-state index in [0.717, 1.165) is 29.5 Å². The second-order valence-electron chi connectivity index (χ2n) is 6.21. The number of halogens is 1. The normalized spacial score (nSPS) is 16.0. The van der Waals surface area contributed by atoms with Crippen LogP contribution in [0.4, 0.5) is 4.39 Å². The molecule has 1 aromatic carbocycles. The number of hydrogen-bond acceptors (Lipinski definition) is 2. The Balaban J connectivity index is 1.83. The molecule has 1 heterocycles. The summed E-state index contributed by atoms with van der Waals surface area (Å²) < 4.78 is 15.9. The largest absolute Gasteiger partial charge is 0.271 e. The molecule has 1 aliphatic rings. The zero-order valence-corrected chi connectivity index (χ0v) is 12.3. The third-order valence-corrected chi connectivity index (χ3v) is 4.14. The Hall–Kier alpha value is -2.15. The molecule has 1 fully saturated rings. The highest BCUT2D eigenvalue weighted by molar-refractivity contribution is 5.62. The van der Waals surface area contributed by atoms with Crippen LogP contribution < -0.4 is 0 Å². The van der Waals surface area contributed by atoms with Crippen LogP contribution >= 0.6 is 0 Å². The average Bonchev–Trinajstić information content (AvgIpc) is 3.07. The quantitative estimate of drug-likeness (QED) is 0.847. The van der Waals surface area contributed by atoms with E-state index in [0.29, 0.717) is 6.54 Å². The Morgan fingerprint density at radius 3 is 2.71 bits per heavy atom. The molecule has 0 aliphatic heterocycles. The third kappa shape index (κ3) is 2.69. The fourth-order valence-electron chi connectivity index (χ4n) is 2.54. The lowest BCUT2D eigenvalue weighted by molar-refractivity contribution is 0.486. The number of rotatable bonds is 4. The maximum Gasteiger partial charge on any atom is 0.127 e. The zero-order valence-electron chi connectivity index (χ0n) is 12.3. The van der Waals surface area contributed by atoms with Crippen LogP contribution in [0.25, 0.3) is 11.1 Å². The van der Waals surface area contributed by atoms with Gasteiger partial charge in [-0.2, -0.15) is 10.4 Å².